The highest BCUT2D eigenvalue weighted by Gasteiger charge is 1.98. The molecule has 0 aromatic carbocycles. The van der Waals surface area contributed by atoms with Crippen molar-refractivity contribution in [1.29, 1.82) is 0 Å². The van der Waals surface area contributed by atoms with E-state index in [-0.39, 0.29) is 5.70 Å². The Hall–Kier alpha value is -0.990. The van der Waals surface area contributed by atoms with Gasteiger partial charge in [-0.3, -0.25) is 0 Å². The lowest BCUT2D eigenvalue weighted by atomic mass is 10.1. The van der Waals surface area contributed by atoms with Gasteiger partial charge in [-0.2, -0.15) is 0 Å². The molecule has 0 saturated heterocycles. The van der Waals surface area contributed by atoms with Gasteiger partial charge in [-0.25, -0.2) is 4.79 Å². The number of carboxylic acid groups (broad SMARTS) is 1. The zero-order valence-corrected chi connectivity index (χ0v) is 9.67. The molecule has 3 heteroatoms. The highest BCUT2D eigenvalue weighted by Crippen LogP contribution is 2.08. The van der Waals surface area contributed by atoms with Gasteiger partial charge in [0.25, 0.3) is 0 Å². The Labute approximate surface area is 92.4 Å². The summed E-state index contributed by atoms with van der Waals surface area (Å²) in [5.74, 6) is -1.02. The maximum atomic E-state index is 10.3. The van der Waals surface area contributed by atoms with Crippen molar-refractivity contribution in [3.63, 3.8) is 0 Å². The molecule has 0 atom stereocenters. The minimum absolute atomic E-state index is 0.0269. The minimum Gasteiger partial charge on any atom is -0.477 e. The molecule has 0 aliphatic heterocycles. The van der Waals surface area contributed by atoms with Crippen LogP contribution in [0.3, 0.4) is 0 Å². The Morgan fingerprint density at radius 1 is 1.13 bits per heavy atom. The molecule has 0 spiro atoms. The first kappa shape index (κ1) is 14.0. The second kappa shape index (κ2) is 9.56. The molecule has 0 amide bonds. The van der Waals surface area contributed by atoms with Crippen LogP contribution in [0.15, 0.2) is 11.8 Å². The van der Waals surface area contributed by atoms with Crippen molar-refractivity contribution in [3.8, 4) is 0 Å². The quantitative estimate of drug-likeness (QED) is 0.457. The van der Waals surface area contributed by atoms with Crippen LogP contribution in [0.1, 0.15) is 58.3 Å². The lowest BCUT2D eigenvalue weighted by molar-refractivity contribution is -0.132. The topological polar surface area (TPSA) is 63.3 Å². The van der Waals surface area contributed by atoms with Crippen LogP contribution in [0.25, 0.3) is 0 Å². The van der Waals surface area contributed by atoms with Crippen LogP contribution in [0, 0.1) is 0 Å². The third-order valence-corrected chi connectivity index (χ3v) is 2.42. The van der Waals surface area contributed by atoms with E-state index in [1.165, 1.54) is 38.5 Å². The fourth-order valence-electron chi connectivity index (χ4n) is 1.45. The van der Waals surface area contributed by atoms with Gasteiger partial charge in [0.15, 0.2) is 0 Å². The third kappa shape index (κ3) is 9.32. The van der Waals surface area contributed by atoms with Gasteiger partial charge in [0.2, 0.25) is 0 Å². The van der Waals surface area contributed by atoms with Gasteiger partial charge < -0.3 is 10.8 Å². The van der Waals surface area contributed by atoms with Crippen LogP contribution in [0.4, 0.5) is 0 Å². The molecule has 0 bridgehead atoms. The van der Waals surface area contributed by atoms with Gasteiger partial charge in [-0.05, 0) is 12.8 Å². The van der Waals surface area contributed by atoms with E-state index in [4.69, 9.17) is 10.8 Å². The van der Waals surface area contributed by atoms with Crippen LogP contribution < -0.4 is 5.73 Å². The number of hydrogen-bond acceptors (Lipinski definition) is 2. The van der Waals surface area contributed by atoms with Crippen LogP contribution in [0.5, 0.6) is 0 Å². The van der Waals surface area contributed by atoms with Crippen LogP contribution in [-0.4, -0.2) is 11.1 Å². The lowest BCUT2D eigenvalue weighted by Crippen LogP contribution is -2.09. The molecule has 0 heterocycles. The normalized spacial score (nSPS) is 11.7. The second-order valence-electron chi connectivity index (χ2n) is 3.87. The van der Waals surface area contributed by atoms with Gasteiger partial charge in [0.05, 0.1) is 0 Å². The summed E-state index contributed by atoms with van der Waals surface area (Å²) in [6, 6.07) is 0. The number of hydrogen-bond donors (Lipinski definition) is 2. The Morgan fingerprint density at radius 2 is 1.67 bits per heavy atom. The van der Waals surface area contributed by atoms with Gasteiger partial charge >= 0.3 is 5.97 Å². The molecule has 0 aromatic heterocycles. The maximum absolute atomic E-state index is 10.3. The van der Waals surface area contributed by atoms with Crippen LogP contribution in [0.2, 0.25) is 0 Å². The van der Waals surface area contributed by atoms with Crippen molar-refractivity contribution in [2.75, 3.05) is 0 Å². The van der Waals surface area contributed by atoms with E-state index in [1.807, 2.05) is 0 Å². The first-order valence-corrected chi connectivity index (χ1v) is 5.87. The Morgan fingerprint density at radius 3 is 2.20 bits per heavy atom. The van der Waals surface area contributed by atoms with E-state index < -0.39 is 5.97 Å². The maximum Gasteiger partial charge on any atom is 0.351 e. The number of aliphatic carboxylic acids is 1. The summed E-state index contributed by atoms with van der Waals surface area (Å²) in [5.41, 5.74) is 5.23. The van der Waals surface area contributed by atoms with Gasteiger partial charge in [-0.15, -0.1) is 0 Å². The molecular formula is C12H23NO2. The molecule has 15 heavy (non-hydrogen) atoms. The fourth-order valence-corrected chi connectivity index (χ4v) is 1.45. The zero-order chi connectivity index (χ0) is 11.5. The number of rotatable bonds is 9. The van der Waals surface area contributed by atoms with Crippen molar-refractivity contribution < 1.29 is 9.90 Å². The molecule has 0 aliphatic carbocycles. The third-order valence-electron chi connectivity index (χ3n) is 2.42. The molecule has 0 fully saturated rings. The Balaban J connectivity index is 3.25. The smallest absolute Gasteiger partial charge is 0.351 e. The van der Waals surface area contributed by atoms with Crippen molar-refractivity contribution in [1.82, 2.24) is 0 Å². The molecule has 88 valence electrons. The van der Waals surface area contributed by atoms with Crippen molar-refractivity contribution in [3.05, 3.63) is 11.8 Å². The molecule has 0 radical (unpaired) electrons. The summed E-state index contributed by atoms with van der Waals surface area (Å²) in [4.78, 5) is 10.3. The zero-order valence-electron chi connectivity index (χ0n) is 9.67. The average Bonchev–Trinajstić information content (AvgIpc) is 2.21. The van der Waals surface area contributed by atoms with Gasteiger partial charge in [-0.1, -0.05) is 51.5 Å². The minimum atomic E-state index is -1.02. The van der Waals surface area contributed by atoms with Gasteiger partial charge in [0, 0.05) is 0 Å². The van der Waals surface area contributed by atoms with Gasteiger partial charge in [0.1, 0.15) is 5.70 Å². The standard InChI is InChI=1S/C12H23NO2/c1-2-3-4-5-6-7-8-9-10-11(13)12(14)15/h10H,2-9,13H2,1H3,(H,14,15). The molecule has 0 rings (SSSR count). The Bertz CT molecular complexity index is 200. The molecular weight excluding hydrogens is 190 g/mol. The van der Waals surface area contributed by atoms with E-state index in [0.717, 1.165) is 12.8 Å². The second-order valence-corrected chi connectivity index (χ2v) is 3.87. The number of carboxylic acids is 1. The number of carbonyl (C=O) groups is 1. The SMILES string of the molecule is CCCCCCCCCC=C(N)C(=O)O. The molecule has 3 N–H and O–H groups in total. The van der Waals surface area contributed by atoms with E-state index >= 15 is 0 Å². The summed E-state index contributed by atoms with van der Waals surface area (Å²) in [5, 5.41) is 8.49. The van der Waals surface area contributed by atoms with E-state index in [2.05, 4.69) is 6.92 Å². The number of unbranched alkanes of at least 4 members (excludes halogenated alkanes) is 7. The summed E-state index contributed by atoms with van der Waals surface area (Å²) < 4.78 is 0. The van der Waals surface area contributed by atoms with E-state index in [9.17, 15) is 4.79 Å². The number of nitrogens with two attached hydrogens (primary N) is 1. The average molecular weight is 213 g/mol. The highest BCUT2D eigenvalue weighted by atomic mass is 16.4. The first-order valence-electron chi connectivity index (χ1n) is 5.87. The predicted molar refractivity (Wildman–Crippen MR) is 62.5 cm³/mol. The summed E-state index contributed by atoms with van der Waals surface area (Å²) in [7, 11) is 0. The van der Waals surface area contributed by atoms with E-state index in [0.29, 0.717) is 0 Å². The van der Waals surface area contributed by atoms with Crippen LogP contribution >= 0.6 is 0 Å². The fraction of sp³-hybridized carbons (Fsp3) is 0.750. The molecule has 0 aromatic rings. The predicted octanol–water partition coefficient (Wildman–Crippen LogP) is 3.05. The first-order chi connectivity index (χ1) is 7.18. The molecule has 0 unspecified atom stereocenters. The number of allylic oxidation sites excluding steroid dienone is 1. The van der Waals surface area contributed by atoms with Crippen molar-refractivity contribution in [2.24, 2.45) is 5.73 Å². The lowest BCUT2D eigenvalue weighted by Gasteiger charge is -1.99. The monoisotopic (exact) mass is 213 g/mol. The molecule has 0 saturated carbocycles. The van der Waals surface area contributed by atoms with Crippen molar-refractivity contribution >= 4 is 5.97 Å². The van der Waals surface area contributed by atoms with Crippen molar-refractivity contribution in [2.45, 2.75) is 58.3 Å². The molecule has 0 aliphatic rings. The largest absolute Gasteiger partial charge is 0.477 e. The molecule has 3 nitrogen and oxygen atoms in total. The summed E-state index contributed by atoms with van der Waals surface area (Å²) >= 11 is 0. The Kier molecular flexibility index (Phi) is 8.93. The highest BCUT2D eigenvalue weighted by molar-refractivity contribution is 5.85. The van der Waals surface area contributed by atoms with E-state index in [1.54, 1.807) is 6.08 Å². The summed E-state index contributed by atoms with van der Waals surface area (Å²) in [6.45, 7) is 2.21. The van der Waals surface area contributed by atoms with Crippen LogP contribution in [-0.2, 0) is 4.79 Å². The summed E-state index contributed by atoms with van der Waals surface area (Å²) in [6.07, 6.45) is 11.1.